The molecule has 1 heterocycles. The zero-order valence-corrected chi connectivity index (χ0v) is 11.4. The van der Waals surface area contributed by atoms with Crippen LogP contribution in [-0.2, 0) is 0 Å². The van der Waals surface area contributed by atoms with E-state index in [2.05, 4.69) is 17.2 Å². The molecule has 1 unspecified atom stereocenters. The predicted octanol–water partition coefficient (Wildman–Crippen LogP) is 3.62. The summed E-state index contributed by atoms with van der Waals surface area (Å²) in [5.41, 5.74) is 2.62. The molecule has 2 aromatic rings. The minimum Gasteiger partial charge on any atom is -0.306 e. The van der Waals surface area contributed by atoms with E-state index in [0.29, 0.717) is 5.56 Å². The second-order valence-corrected chi connectivity index (χ2v) is 4.64. The van der Waals surface area contributed by atoms with Crippen molar-refractivity contribution in [1.82, 2.24) is 10.3 Å². The van der Waals surface area contributed by atoms with Crippen molar-refractivity contribution in [2.45, 2.75) is 26.3 Å². The molecule has 1 N–H and O–H groups in total. The zero-order chi connectivity index (χ0) is 13.7. The average Bonchev–Trinajstić information content (AvgIpc) is 2.43. The van der Waals surface area contributed by atoms with Crippen molar-refractivity contribution < 1.29 is 4.39 Å². The SMILES string of the molecule is CCCNC(c1ccc(C)nc1)c1ccccc1F. The van der Waals surface area contributed by atoms with Crippen molar-refractivity contribution in [3.05, 3.63) is 65.2 Å². The van der Waals surface area contributed by atoms with Crippen LogP contribution in [0, 0.1) is 12.7 Å². The van der Waals surface area contributed by atoms with E-state index >= 15 is 0 Å². The van der Waals surface area contributed by atoms with Crippen LogP contribution in [0.2, 0.25) is 0 Å². The summed E-state index contributed by atoms with van der Waals surface area (Å²) in [5, 5.41) is 3.38. The van der Waals surface area contributed by atoms with Gasteiger partial charge in [-0.05, 0) is 37.6 Å². The molecule has 0 saturated heterocycles. The molecule has 0 radical (unpaired) electrons. The Morgan fingerprint density at radius 1 is 1.21 bits per heavy atom. The van der Waals surface area contributed by atoms with Gasteiger partial charge in [0, 0.05) is 17.5 Å². The number of nitrogens with one attached hydrogen (secondary N) is 1. The van der Waals surface area contributed by atoms with Crippen LogP contribution < -0.4 is 5.32 Å². The lowest BCUT2D eigenvalue weighted by Crippen LogP contribution is -2.24. The third-order valence-corrected chi connectivity index (χ3v) is 3.08. The molecule has 0 spiro atoms. The lowest BCUT2D eigenvalue weighted by atomic mass is 9.99. The highest BCUT2D eigenvalue weighted by molar-refractivity contribution is 5.31. The standard InChI is InChI=1S/C16H19FN2/c1-3-10-18-16(13-9-8-12(2)19-11-13)14-6-4-5-7-15(14)17/h4-9,11,16,18H,3,10H2,1-2H3. The molecule has 3 heteroatoms. The van der Waals surface area contributed by atoms with Crippen LogP contribution in [0.4, 0.5) is 4.39 Å². The Bertz CT molecular complexity index is 523. The van der Waals surface area contributed by atoms with Gasteiger partial charge in [0.25, 0.3) is 0 Å². The van der Waals surface area contributed by atoms with E-state index in [1.165, 1.54) is 6.07 Å². The summed E-state index contributed by atoms with van der Waals surface area (Å²) in [5.74, 6) is -0.184. The van der Waals surface area contributed by atoms with E-state index in [-0.39, 0.29) is 11.9 Å². The maximum Gasteiger partial charge on any atom is 0.128 e. The highest BCUT2D eigenvalue weighted by Crippen LogP contribution is 2.24. The highest BCUT2D eigenvalue weighted by atomic mass is 19.1. The first-order valence-corrected chi connectivity index (χ1v) is 6.62. The summed E-state index contributed by atoms with van der Waals surface area (Å²) in [4.78, 5) is 4.30. The molecule has 2 nitrogen and oxygen atoms in total. The van der Waals surface area contributed by atoms with Crippen LogP contribution >= 0.6 is 0 Å². The molecular weight excluding hydrogens is 239 g/mol. The van der Waals surface area contributed by atoms with Gasteiger partial charge in [-0.1, -0.05) is 31.2 Å². The Morgan fingerprint density at radius 2 is 2.00 bits per heavy atom. The van der Waals surface area contributed by atoms with Gasteiger partial charge in [-0.25, -0.2) is 4.39 Å². The predicted molar refractivity (Wildman–Crippen MR) is 75.5 cm³/mol. The summed E-state index contributed by atoms with van der Waals surface area (Å²) < 4.78 is 14.0. The number of aromatic nitrogens is 1. The molecule has 1 aromatic carbocycles. The van der Waals surface area contributed by atoms with Crippen molar-refractivity contribution >= 4 is 0 Å². The van der Waals surface area contributed by atoms with Gasteiger partial charge in [0.1, 0.15) is 5.82 Å². The maximum absolute atomic E-state index is 14.0. The Labute approximate surface area is 113 Å². The largest absolute Gasteiger partial charge is 0.306 e. The number of halogens is 1. The van der Waals surface area contributed by atoms with Crippen LogP contribution in [0.3, 0.4) is 0 Å². The topological polar surface area (TPSA) is 24.9 Å². The molecular formula is C16H19FN2. The van der Waals surface area contributed by atoms with E-state index in [0.717, 1.165) is 24.2 Å². The molecule has 0 aliphatic heterocycles. The van der Waals surface area contributed by atoms with Gasteiger partial charge in [0.2, 0.25) is 0 Å². The van der Waals surface area contributed by atoms with Crippen molar-refractivity contribution in [3.8, 4) is 0 Å². The minimum atomic E-state index is -0.184. The average molecular weight is 258 g/mol. The number of pyridine rings is 1. The van der Waals surface area contributed by atoms with E-state index in [1.807, 2.05) is 37.4 Å². The Morgan fingerprint density at radius 3 is 2.63 bits per heavy atom. The van der Waals surface area contributed by atoms with Crippen LogP contribution in [-0.4, -0.2) is 11.5 Å². The number of rotatable bonds is 5. The monoisotopic (exact) mass is 258 g/mol. The van der Waals surface area contributed by atoms with Crippen molar-refractivity contribution in [3.63, 3.8) is 0 Å². The fourth-order valence-corrected chi connectivity index (χ4v) is 2.06. The second-order valence-electron chi connectivity index (χ2n) is 4.64. The molecule has 19 heavy (non-hydrogen) atoms. The number of hydrogen-bond acceptors (Lipinski definition) is 2. The maximum atomic E-state index is 14.0. The highest BCUT2D eigenvalue weighted by Gasteiger charge is 2.16. The van der Waals surface area contributed by atoms with Crippen molar-refractivity contribution in [2.75, 3.05) is 6.54 Å². The normalized spacial score (nSPS) is 12.4. The summed E-state index contributed by atoms with van der Waals surface area (Å²) in [7, 11) is 0. The fraction of sp³-hybridized carbons (Fsp3) is 0.312. The Kier molecular flexibility index (Phi) is 4.63. The lowest BCUT2D eigenvalue weighted by molar-refractivity contribution is 0.546. The summed E-state index contributed by atoms with van der Waals surface area (Å²) in [6.45, 7) is 4.88. The van der Waals surface area contributed by atoms with Crippen molar-refractivity contribution in [2.24, 2.45) is 0 Å². The molecule has 0 amide bonds. The second kappa shape index (κ2) is 6.43. The molecule has 0 aliphatic carbocycles. The molecule has 0 aliphatic rings. The first-order chi connectivity index (χ1) is 9.22. The van der Waals surface area contributed by atoms with Gasteiger partial charge in [0.05, 0.1) is 6.04 Å². The third-order valence-electron chi connectivity index (χ3n) is 3.08. The number of hydrogen-bond donors (Lipinski definition) is 1. The van der Waals surface area contributed by atoms with Gasteiger partial charge < -0.3 is 5.32 Å². The number of nitrogens with zero attached hydrogens (tertiary/aromatic N) is 1. The van der Waals surface area contributed by atoms with Crippen LogP contribution in [0.1, 0.15) is 36.2 Å². The molecule has 2 rings (SSSR count). The summed E-state index contributed by atoms with van der Waals surface area (Å²) in [6.07, 6.45) is 2.82. The first kappa shape index (κ1) is 13.7. The molecule has 1 atom stereocenters. The number of aryl methyl sites for hydroxylation is 1. The first-order valence-electron chi connectivity index (χ1n) is 6.62. The molecule has 0 fully saturated rings. The van der Waals surface area contributed by atoms with Gasteiger partial charge in [-0.2, -0.15) is 0 Å². The van der Waals surface area contributed by atoms with Crippen LogP contribution in [0.25, 0.3) is 0 Å². The lowest BCUT2D eigenvalue weighted by Gasteiger charge is -2.20. The Hall–Kier alpha value is -1.74. The molecule has 100 valence electrons. The minimum absolute atomic E-state index is 0.144. The summed E-state index contributed by atoms with van der Waals surface area (Å²) >= 11 is 0. The van der Waals surface area contributed by atoms with Crippen LogP contribution in [0.5, 0.6) is 0 Å². The van der Waals surface area contributed by atoms with Crippen molar-refractivity contribution in [1.29, 1.82) is 0 Å². The third kappa shape index (κ3) is 3.38. The fourth-order valence-electron chi connectivity index (χ4n) is 2.06. The molecule has 1 aromatic heterocycles. The van der Waals surface area contributed by atoms with E-state index in [9.17, 15) is 4.39 Å². The molecule has 0 bridgehead atoms. The van der Waals surface area contributed by atoms with E-state index < -0.39 is 0 Å². The quantitative estimate of drug-likeness (QED) is 0.886. The van der Waals surface area contributed by atoms with E-state index in [4.69, 9.17) is 0 Å². The van der Waals surface area contributed by atoms with Gasteiger partial charge in [-0.15, -0.1) is 0 Å². The smallest absolute Gasteiger partial charge is 0.128 e. The number of benzene rings is 1. The van der Waals surface area contributed by atoms with E-state index in [1.54, 1.807) is 6.07 Å². The molecule has 0 saturated carbocycles. The Balaban J connectivity index is 2.35. The zero-order valence-electron chi connectivity index (χ0n) is 11.4. The summed E-state index contributed by atoms with van der Waals surface area (Å²) in [6, 6.07) is 10.7. The van der Waals surface area contributed by atoms with Gasteiger partial charge in [-0.3, -0.25) is 4.98 Å². The van der Waals surface area contributed by atoms with Gasteiger partial charge in [0.15, 0.2) is 0 Å². The van der Waals surface area contributed by atoms with Gasteiger partial charge >= 0.3 is 0 Å². The van der Waals surface area contributed by atoms with Crippen LogP contribution in [0.15, 0.2) is 42.6 Å².